The van der Waals surface area contributed by atoms with E-state index in [1.807, 2.05) is 0 Å². The first-order valence-electron chi connectivity index (χ1n) is 6.26. The van der Waals surface area contributed by atoms with Crippen LogP contribution in [-0.4, -0.2) is 48.0 Å². The van der Waals surface area contributed by atoms with Crippen molar-refractivity contribution in [2.24, 2.45) is 0 Å². The van der Waals surface area contributed by atoms with Gasteiger partial charge >= 0.3 is 5.97 Å². The van der Waals surface area contributed by atoms with Gasteiger partial charge in [0.1, 0.15) is 5.75 Å². The Morgan fingerprint density at radius 1 is 1.33 bits per heavy atom. The van der Waals surface area contributed by atoms with Crippen LogP contribution in [0.4, 0.5) is 5.69 Å². The number of carboxylic acid groups (broad SMARTS) is 1. The third-order valence-corrected chi connectivity index (χ3v) is 2.75. The van der Waals surface area contributed by atoms with Gasteiger partial charge in [-0.25, -0.2) is 4.79 Å². The smallest absolute Gasteiger partial charge is 0.341 e. The van der Waals surface area contributed by atoms with Crippen LogP contribution in [0.3, 0.4) is 0 Å². The number of aliphatic carboxylic acids is 1. The summed E-state index contributed by atoms with van der Waals surface area (Å²) in [5, 5.41) is 11.2. The Balaban J connectivity index is 2.66. The van der Waals surface area contributed by atoms with Gasteiger partial charge in [-0.15, -0.1) is 0 Å². The lowest BCUT2D eigenvalue weighted by Gasteiger charge is -2.15. The number of anilines is 1. The third kappa shape index (κ3) is 5.52. The van der Waals surface area contributed by atoms with Crippen LogP contribution in [0.1, 0.15) is 12.5 Å². The van der Waals surface area contributed by atoms with Crippen LogP contribution in [0, 0.1) is 6.92 Å². The lowest BCUT2D eigenvalue weighted by molar-refractivity contribution is -0.139. The Morgan fingerprint density at radius 2 is 2.00 bits per heavy atom. The molecular weight excluding hydrogens is 276 g/mol. The molecule has 114 valence electrons. The molecule has 1 aromatic rings. The average molecular weight is 294 g/mol. The van der Waals surface area contributed by atoms with E-state index in [4.69, 9.17) is 9.84 Å². The minimum absolute atomic E-state index is 0.0357. The maximum absolute atomic E-state index is 11.8. The number of carbonyl (C=O) groups is 3. The fourth-order valence-corrected chi connectivity index (χ4v) is 1.53. The highest BCUT2D eigenvalue weighted by Gasteiger charge is 2.10. The molecule has 7 nitrogen and oxygen atoms in total. The number of benzene rings is 1. The first kappa shape index (κ1) is 16.5. The highest BCUT2D eigenvalue weighted by molar-refractivity contribution is 5.94. The van der Waals surface area contributed by atoms with Crippen molar-refractivity contribution in [3.05, 3.63) is 23.8 Å². The molecule has 0 bridgehead atoms. The number of rotatable bonds is 6. The number of nitrogens with one attached hydrogen (secondary N) is 1. The average Bonchev–Trinajstić information content (AvgIpc) is 2.38. The van der Waals surface area contributed by atoms with E-state index in [9.17, 15) is 14.4 Å². The summed E-state index contributed by atoms with van der Waals surface area (Å²) < 4.78 is 5.04. The molecule has 0 heterocycles. The standard InChI is InChI=1S/C14H18N2O5/c1-9-6-11(21-8-14(19)20)4-5-12(9)15-13(18)7-16(3)10(2)17/h4-6H,7-8H2,1-3H3,(H,15,18)(H,19,20). The number of likely N-dealkylation sites (N-methyl/N-ethyl adjacent to an activating group) is 1. The highest BCUT2D eigenvalue weighted by atomic mass is 16.5. The second-order valence-electron chi connectivity index (χ2n) is 4.58. The van der Waals surface area contributed by atoms with E-state index in [0.717, 1.165) is 5.56 Å². The molecule has 0 fully saturated rings. The molecule has 1 rings (SSSR count). The molecule has 2 amide bonds. The zero-order chi connectivity index (χ0) is 16.0. The van der Waals surface area contributed by atoms with Gasteiger partial charge in [-0.2, -0.15) is 0 Å². The molecule has 7 heteroatoms. The minimum Gasteiger partial charge on any atom is -0.482 e. The Morgan fingerprint density at radius 3 is 2.52 bits per heavy atom. The number of aryl methyl sites for hydroxylation is 1. The quantitative estimate of drug-likeness (QED) is 0.811. The van der Waals surface area contributed by atoms with Crippen LogP contribution < -0.4 is 10.1 Å². The number of amides is 2. The summed E-state index contributed by atoms with van der Waals surface area (Å²) in [5.74, 6) is -1.15. The summed E-state index contributed by atoms with van der Waals surface area (Å²) in [5.41, 5.74) is 1.32. The number of ether oxygens (including phenoxy) is 1. The van der Waals surface area contributed by atoms with Gasteiger partial charge in [0.05, 0.1) is 6.54 Å². The molecule has 0 aromatic heterocycles. The fraction of sp³-hybridized carbons (Fsp3) is 0.357. The van der Waals surface area contributed by atoms with E-state index < -0.39 is 12.6 Å². The van der Waals surface area contributed by atoms with Crippen molar-refractivity contribution in [1.29, 1.82) is 0 Å². The third-order valence-electron chi connectivity index (χ3n) is 2.75. The Kier molecular flexibility index (Phi) is 5.71. The van der Waals surface area contributed by atoms with Crippen molar-refractivity contribution in [2.45, 2.75) is 13.8 Å². The summed E-state index contributed by atoms with van der Waals surface area (Å²) in [6.07, 6.45) is 0. The van der Waals surface area contributed by atoms with E-state index in [1.165, 1.54) is 18.9 Å². The zero-order valence-corrected chi connectivity index (χ0v) is 12.2. The van der Waals surface area contributed by atoms with E-state index in [2.05, 4.69) is 5.32 Å². The van der Waals surface area contributed by atoms with Crippen molar-refractivity contribution < 1.29 is 24.2 Å². The summed E-state index contributed by atoms with van der Waals surface area (Å²) in [6, 6.07) is 4.83. The predicted molar refractivity (Wildman–Crippen MR) is 76.3 cm³/mol. The fourth-order valence-electron chi connectivity index (χ4n) is 1.53. The maximum atomic E-state index is 11.8. The van der Waals surface area contributed by atoms with Crippen molar-refractivity contribution in [2.75, 3.05) is 25.5 Å². The topological polar surface area (TPSA) is 95.9 Å². The van der Waals surface area contributed by atoms with E-state index in [0.29, 0.717) is 11.4 Å². The Labute approximate surface area is 122 Å². The molecule has 0 saturated carbocycles. The predicted octanol–water partition coefficient (Wildman–Crippen LogP) is 0.875. The van der Waals surface area contributed by atoms with Gasteiger partial charge in [-0.3, -0.25) is 9.59 Å². The Bertz CT molecular complexity index is 556. The lowest BCUT2D eigenvalue weighted by atomic mass is 10.2. The number of carboxylic acids is 1. The number of hydrogen-bond donors (Lipinski definition) is 2. The number of carbonyl (C=O) groups excluding carboxylic acids is 2. The van der Waals surface area contributed by atoms with E-state index in [-0.39, 0.29) is 18.4 Å². The van der Waals surface area contributed by atoms with Crippen molar-refractivity contribution >= 4 is 23.5 Å². The van der Waals surface area contributed by atoms with Crippen molar-refractivity contribution in [1.82, 2.24) is 4.90 Å². The van der Waals surface area contributed by atoms with E-state index in [1.54, 1.807) is 25.1 Å². The SMILES string of the molecule is CC(=O)N(C)CC(=O)Nc1ccc(OCC(=O)O)cc1C. The molecule has 0 aliphatic rings. The minimum atomic E-state index is -1.06. The van der Waals surface area contributed by atoms with Crippen LogP contribution in [0.5, 0.6) is 5.75 Å². The largest absolute Gasteiger partial charge is 0.482 e. The van der Waals surface area contributed by atoms with Crippen LogP contribution in [-0.2, 0) is 14.4 Å². The van der Waals surface area contributed by atoms with E-state index >= 15 is 0 Å². The highest BCUT2D eigenvalue weighted by Crippen LogP contribution is 2.21. The molecule has 0 aliphatic heterocycles. The van der Waals surface area contributed by atoms with Gasteiger partial charge < -0.3 is 20.1 Å². The monoisotopic (exact) mass is 294 g/mol. The second-order valence-corrected chi connectivity index (χ2v) is 4.58. The molecular formula is C14H18N2O5. The van der Waals surface area contributed by atoms with Gasteiger partial charge in [0.25, 0.3) is 0 Å². The molecule has 0 unspecified atom stereocenters. The molecule has 21 heavy (non-hydrogen) atoms. The van der Waals surface area contributed by atoms with Gasteiger partial charge in [0.2, 0.25) is 11.8 Å². The molecule has 0 atom stereocenters. The van der Waals surface area contributed by atoms with Crippen LogP contribution in [0.25, 0.3) is 0 Å². The number of hydrogen-bond acceptors (Lipinski definition) is 4. The summed E-state index contributed by atoms with van der Waals surface area (Å²) in [7, 11) is 1.54. The molecule has 0 radical (unpaired) electrons. The van der Waals surface area contributed by atoms with Gasteiger partial charge in [0, 0.05) is 19.7 Å². The first-order chi connectivity index (χ1) is 9.79. The number of nitrogens with zero attached hydrogens (tertiary/aromatic N) is 1. The summed E-state index contributed by atoms with van der Waals surface area (Å²) in [4.78, 5) is 34.5. The molecule has 0 aliphatic carbocycles. The molecule has 0 saturated heterocycles. The van der Waals surface area contributed by atoms with Gasteiger partial charge in [0.15, 0.2) is 6.61 Å². The molecule has 2 N–H and O–H groups in total. The zero-order valence-electron chi connectivity index (χ0n) is 12.2. The second kappa shape index (κ2) is 7.28. The molecule has 1 aromatic carbocycles. The van der Waals surface area contributed by atoms with Gasteiger partial charge in [-0.05, 0) is 30.7 Å². The van der Waals surface area contributed by atoms with Crippen LogP contribution >= 0.6 is 0 Å². The van der Waals surface area contributed by atoms with Crippen molar-refractivity contribution in [3.63, 3.8) is 0 Å². The normalized spacial score (nSPS) is 9.86. The summed E-state index contributed by atoms with van der Waals surface area (Å²) in [6.45, 7) is 2.69. The Hall–Kier alpha value is -2.57. The molecule has 0 spiro atoms. The van der Waals surface area contributed by atoms with Gasteiger partial charge in [-0.1, -0.05) is 0 Å². The maximum Gasteiger partial charge on any atom is 0.341 e. The van der Waals surface area contributed by atoms with Crippen LogP contribution in [0.15, 0.2) is 18.2 Å². The lowest BCUT2D eigenvalue weighted by Crippen LogP contribution is -2.33. The summed E-state index contributed by atoms with van der Waals surface area (Å²) >= 11 is 0. The van der Waals surface area contributed by atoms with Crippen molar-refractivity contribution in [3.8, 4) is 5.75 Å². The first-order valence-corrected chi connectivity index (χ1v) is 6.26. The van der Waals surface area contributed by atoms with Crippen LogP contribution in [0.2, 0.25) is 0 Å².